The Morgan fingerprint density at radius 3 is 3.05 bits per heavy atom. The van der Waals surface area contributed by atoms with Crippen molar-refractivity contribution in [3.05, 3.63) is 40.4 Å². The average molecular weight is 272 g/mol. The van der Waals surface area contributed by atoms with Gasteiger partial charge < -0.3 is 11.1 Å². The van der Waals surface area contributed by atoms with Crippen LogP contribution in [0.3, 0.4) is 0 Å². The molecule has 6 heteroatoms. The average Bonchev–Trinajstić information content (AvgIpc) is 2.93. The maximum Gasteiger partial charge on any atom is 0.269 e. The number of carbonyl (C=O) groups excluding carboxylic acids is 1. The summed E-state index contributed by atoms with van der Waals surface area (Å²) in [6.07, 6.45) is 1.43. The Morgan fingerprint density at radius 2 is 2.37 bits per heavy atom. The van der Waals surface area contributed by atoms with Crippen LogP contribution in [0.2, 0.25) is 0 Å². The molecule has 19 heavy (non-hydrogen) atoms. The van der Waals surface area contributed by atoms with Crippen molar-refractivity contribution in [3.8, 4) is 11.8 Å². The number of rotatable bonds is 2. The minimum Gasteiger partial charge on any atom is -0.321 e. The first kappa shape index (κ1) is 13.2. The largest absolute Gasteiger partial charge is 0.321 e. The molecule has 1 amide bonds. The second kappa shape index (κ2) is 6.09. The molecule has 0 unspecified atom stereocenters. The van der Waals surface area contributed by atoms with E-state index in [1.54, 1.807) is 0 Å². The lowest BCUT2D eigenvalue weighted by molar-refractivity contribution is 0.103. The summed E-state index contributed by atoms with van der Waals surface area (Å²) >= 11 is 1.05. The molecule has 0 saturated heterocycles. The molecule has 0 saturated carbocycles. The first-order valence-corrected chi connectivity index (χ1v) is 6.36. The van der Waals surface area contributed by atoms with E-state index in [0.717, 1.165) is 22.7 Å². The lowest BCUT2D eigenvalue weighted by Gasteiger charge is -2.05. The number of hydrogen-bond acceptors (Lipinski definition) is 5. The second-order valence-corrected chi connectivity index (χ2v) is 4.56. The second-order valence-electron chi connectivity index (χ2n) is 3.77. The molecular weight excluding hydrogens is 260 g/mol. The molecule has 1 aromatic heterocycles. The van der Waals surface area contributed by atoms with Gasteiger partial charge in [-0.1, -0.05) is 22.4 Å². The number of nitrogens with one attached hydrogen (secondary N) is 1. The van der Waals surface area contributed by atoms with Crippen molar-refractivity contribution >= 4 is 23.1 Å². The van der Waals surface area contributed by atoms with Gasteiger partial charge in [0.2, 0.25) is 0 Å². The van der Waals surface area contributed by atoms with Crippen molar-refractivity contribution in [2.45, 2.75) is 6.92 Å². The highest BCUT2D eigenvalue weighted by Gasteiger charge is 2.09. The van der Waals surface area contributed by atoms with Crippen molar-refractivity contribution in [3.63, 3.8) is 0 Å². The van der Waals surface area contributed by atoms with Crippen LogP contribution in [0.4, 0.5) is 5.69 Å². The van der Waals surface area contributed by atoms with Gasteiger partial charge in [0.15, 0.2) is 0 Å². The van der Waals surface area contributed by atoms with Crippen LogP contribution in [-0.4, -0.2) is 22.0 Å². The van der Waals surface area contributed by atoms with Crippen LogP contribution in [0.25, 0.3) is 0 Å². The van der Waals surface area contributed by atoms with Crippen LogP contribution in [0.5, 0.6) is 0 Å². The molecule has 2 rings (SSSR count). The Labute approximate surface area is 115 Å². The Balaban J connectivity index is 2.19. The van der Waals surface area contributed by atoms with Gasteiger partial charge >= 0.3 is 0 Å². The summed E-state index contributed by atoms with van der Waals surface area (Å²) < 4.78 is 3.65. The molecule has 1 aromatic carbocycles. The van der Waals surface area contributed by atoms with Crippen LogP contribution in [0.15, 0.2) is 24.4 Å². The SMILES string of the molecule is Cc1ccc(NC(=O)c2cnns2)cc1C#CCN. The van der Waals surface area contributed by atoms with Gasteiger partial charge in [0.1, 0.15) is 4.88 Å². The molecule has 0 radical (unpaired) electrons. The van der Waals surface area contributed by atoms with Crippen molar-refractivity contribution < 1.29 is 4.79 Å². The molecule has 2 aromatic rings. The number of nitrogens with two attached hydrogens (primary N) is 1. The van der Waals surface area contributed by atoms with Crippen LogP contribution < -0.4 is 11.1 Å². The number of aromatic nitrogens is 2. The topological polar surface area (TPSA) is 80.9 Å². The van der Waals surface area contributed by atoms with Crippen molar-refractivity contribution in [1.29, 1.82) is 0 Å². The van der Waals surface area contributed by atoms with E-state index in [0.29, 0.717) is 17.1 Å². The predicted molar refractivity (Wildman–Crippen MR) is 75.0 cm³/mol. The van der Waals surface area contributed by atoms with Crippen LogP contribution >= 0.6 is 11.5 Å². The van der Waals surface area contributed by atoms with Gasteiger partial charge in [-0.25, -0.2) is 0 Å². The first-order valence-electron chi connectivity index (χ1n) is 5.59. The zero-order valence-electron chi connectivity index (χ0n) is 10.3. The molecule has 0 bridgehead atoms. The number of carbonyl (C=O) groups is 1. The molecule has 0 spiro atoms. The predicted octanol–water partition coefficient (Wildman–Crippen LogP) is 1.41. The highest BCUT2D eigenvalue weighted by Crippen LogP contribution is 2.16. The lowest BCUT2D eigenvalue weighted by atomic mass is 10.1. The number of hydrogen-bond donors (Lipinski definition) is 2. The van der Waals surface area contributed by atoms with E-state index < -0.39 is 0 Å². The summed E-state index contributed by atoms with van der Waals surface area (Å²) in [7, 11) is 0. The third kappa shape index (κ3) is 3.37. The Kier molecular flexibility index (Phi) is 4.23. The first-order chi connectivity index (χ1) is 9.20. The highest BCUT2D eigenvalue weighted by molar-refractivity contribution is 7.07. The fraction of sp³-hybridized carbons (Fsp3) is 0.154. The summed E-state index contributed by atoms with van der Waals surface area (Å²) in [5.41, 5.74) is 7.93. The molecule has 0 fully saturated rings. The number of benzene rings is 1. The van der Waals surface area contributed by atoms with Gasteiger partial charge in [-0.3, -0.25) is 4.79 Å². The van der Waals surface area contributed by atoms with Crippen LogP contribution in [-0.2, 0) is 0 Å². The minimum atomic E-state index is -0.225. The molecule has 3 N–H and O–H groups in total. The Morgan fingerprint density at radius 1 is 1.53 bits per heavy atom. The number of anilines is 1. The van der Waals surface area contributed by atoms with Crippen molar-refractivity contribution in [1.82, 2.24) is 9.59 Å². The quantitative estimate of drug-likeness (QED) is 0.810. The molecule has 5 nitrogen and oxygen atoms in total. The van der Waals surface area contributed by atoms with E-state index in [9.17, 15) is 4.79 Å². The molecule has 0 aliphatic carbocycles. The molecule has 0 atom stereocenters. The van der Waals surface area contributed by atoms with Gasteiger partial charge in [-0.2, -0.15) is 0 Å². The molecule has 1 heterocycles. The maximum atomic E-state index is 11.8. The fourth-order valence-electron chi connectivity index (χ4n) is 1.44. The lowest BCUT2D eigenvalue weighted by Crippen LogP contribution is -2.10. The summed E-state index contributed by atoms with van der Waals surface area (Å²) in [5, 5.41) is 6.41. The minimum absolute atomic E-state index is 0.225. The van der Waals surface area contributed by atoms with E-state index in [1.165, 1.54) is 6.20 Å². The monoisotopic (exact) mass is 272 g/mol. The maximum absolute atomic E-state index is 11.8. The zero-order chi connectivity index (χ0) is 13.7. The molecule has 96 valence electrons. The highest BCUT2D eigenvalue weighted by atomic mass is 32.1. The van der Waals surface area contributed by atoms with E-state index in [1.807, 2.05) is 25.1 Å². The van der Waals surface area contributed by atoms with E-state index in [2.05, 4.69) is 26.7 Å². The smallest absolute Gasteiger partial charge is 0.269 e. The molecule has 0 aliphatic heterocycles. The van der Waals surface area contributed by atoms with Gasteiger partial charge in [0.25, 0.3) is 5.91 Å². The van der Waals surface area contributed by atoms with Gasteiger partial charge in [0.05, 0.1) is 12.7 Å². The summed E-state index contributed by atoms with van der Waals surface area (Å²) in [4.78, 5) is 12.3. The molecule has 0 aliphatic rings. The van der Waals surface area contributed by atoms with Gasteiger partial charge in [0, 0.05) is 11.3 Å². The number of aryl methyl sites for hydroxylation is 1. The van der Waals surface area contributed by atoms with E-state index in [4.69, 9.17) is 5.73 Å². The van der Waals surface area contributed by atoms with E-state index >= 15 is 0 Å². The fourth-order valence-corrected chi connectivity index (χ4v) is 1.85. The summed E-state index contributed by atoms with van der Waals surface area (Å²) in [5.74, 6) is 5.55. The molecular formula is C13H12N4OS. The number of amides is 1. The van der Waals surface area contributed by atoms with Crippen molar-refractivity contribution in [2.24, 2.45) is 5.73 Å². The normalized spacial score (nSPS) is 9.58. The third-order valence-corrected chi connectivity index (χ3v) is 3.07. The van der Waals surface area contributed by atoms with Crippen molar-refractivity contribution in [2.75, 3.05) is 11.9 Å². The van der Waals surface area contributed by atoms with Crippen LogP contribution in [0, 0.1) is 18.8 Å². The standard InChI is InChI=1S/C13H12N4OS/c1-9-4-5-11(7-10(9)3-2-6-14)16-13(18)12-8-15-17-19-12/h4-5,7-8H,6,14H2,1H3,(H,16,18). The zero-order valence-corrected chi connectivity index (χ0v) is 11.1. The summed E-state index contributed by atoms with van der Waals surface area (Å²) in [6, 6.07) is 5.56. The van der Waals surface area contributed by atoms with Gasteiger partial charge in [-0.05, 0) is 36.2 Å². The van der Waals surface area contributed by atoms with Gasteiger partial charge in [-0.15, -0.1) is 5.10 Å². The third-order valence-electron chi connectivity index (χ3n) is 2.41. The van der Waals surface area contributed by atoms with Crippen LogP contribution in [0.1, 0.15) is 20.8 Å². The number of nitrogens with zero attached hydrogens (tertiary/aromatic N) is 2. The summed E-state index contributed by atoms with van der Waals surface area (Å²) in [6.45, 7) is 2.27. The van der Waals surface area contributed by atoms with E-state index in [-0.39, 0.29) is 5.91 Å². The Hall–Kier alpha value is -2.23. The Bertz CT molecular complexity index is 640.